The highest BCUT2D eigenvalue weighted by atomic mass is 16.4. The predicted molar refractivity (Wildman–Crippen MR) is 35.4 cm³/mol. The summed E-state index contributed by atoms with van der Waals surface area (Å²) in [6, 6.07) is 1.88. The van der Waals surface area contributed by atoms with Gasteiger partial charge in [-0.2, -0.15) is 0 Å². The van der Waals surface area contributed by atoms with Crippen molar-refractivity contribution in [2.24, 2.45) is 0 Å². The molecule has 2 heterocycles. The van der Waals surface area contributed by atoms with Gasteiger partial charge in [0, 0.05) is 18.7 Å². The molecular formula is C7H9NO2. The van der Waals surface area contributed by atoms with Gasteiger partial charge in [-0.1, -0.05) is 0 Å². The number of hydrogen-bond donors (Lipinski definition) is 2. The van der Waals surface area contributed by atoms with Crippen LogP contribution in [0.2, 0.25) is 0 Å². The topological polar surface area (TPSA) is 45.4 Å². The number of nitrogens with one attached hydrogen (secondary N) is 1. The van der Waals surface area contributed by atoms with E-state index in [2.05, 4.69) is 5.32 Å². The van der Waals surface area contributed by atoms with Crippen LogP contribution in [0.25, 0.3) is 0 Å². The standard InChI is InChI=1S/C7H9NO2/c9-6-4-8-3-5-1-2-10-7(5)6/h1-2,6,8-9H,3-4H2. The number of aliphatic hydroxyl groups is 1. The monoisotopic (exact) mass is 139 g/mol. The van der Waals surface area contributed by atoms with E-state index in [-0.39, 0.29) is 0 Å². The summed E-state index contributed by atoms with van der Waals surface area (Å²) < 4.78 is 5.08. The van der Waals surface area contributed by atoms with E-state index < -0.39 is 6.10 Å². The Hall–Kier alpha value is -0.800. The van der Waals surface area contributed by atoms with Crippen molar-refractivity contribution < 1.29 is 9.52 Å². The van der Waals surface area contributed by atoms with Crippen LogP contribution < -0.4 is 5.32 Å². The molecule has 1 atom stereocenters. The number of hydrogen-bond acceptors (Lipinski definition) is 3. The van der Waals surface area contributed by atoms with Crippen molar-refractivity contribution in [2.45, 2.75) is 12.6 Å². The van der Waals surface area contributed by atoms with Crippen LogP contribution in [-0.4, -0.2) is 11.7 Å². The molecule has 10 heavy (non-hydrogen) atoms. The van der Waals surface area contributed by atoms with Crippen LogP contribution in [0.3, 0.4) is 0 Å². The molecule has 0 aliphatic carbocycles. The molecule has 0 radical (unpaired) electrons. The Kier molecular flexibility index (Phi) is 1.25. The molecule has 2 rings (SSSR count). The zero-order valence-electron chi connectivity index (χ0n) is 5.50. The van der Waals surface area contributed by atoms with E-state index in [0.717, 1.165) is 17.9 Å². The van der Waals surface area contributed by atoms with E-state index >= 15 is 0 Å². The maximum Gasteiger partial charge on any atom is 0.138 e. The average Bonchev–Trinajstić information content (AvgIpc) is 2.36. The molecule has 0 amide bonds. The summed E-state index contributed by atoms with van der Waals surface area (Å²) in [5.74, 6) is 0.721. The summed E-state index contributed by atoms with van der Waals surface area (Å²) in [7, 11) is 0. The number of rotatable bonds is 0. The van der Waals surface area contributed by atoms with Crippen LogP contribution in [0.4, 0.5) is 0 Å². The van der Waals surface area contributed by atoms with Crippen molar-refractivity contribution in [3.63, 3.8) is 0 Å². The van der Waals surface area contributed by atoms with Crippen molar-refractivity contribution >= 4 is 0 Å². The fraction of sp³-hybridized carbons (Fsp3) is 0.429. The van der Waals surface area contributed by atoms with Gasteiger partial charge >= 0.3 is 0 Å². The number of aliphatic hydroxyl groups excluding tert-OH is 1. The van der Waals surface area contributed by atoms with Crippen LogP contribution >= 0.6 is 0 Å². The highest BCUT2D eigenvalue weighted by Gasteiger charge is 2.19. The van der Waals surface area contributed by atoms with Crippen LogP contribution in [0.5, 0.6) is 0 Å². The molecule has 1 unspecified atom stereocenters. The van der Waals surface area contributed by atoms with Gasteiger partial charge in [0.05, 0.1) is 6.26 Å². The first kappa shape index (κ1) is 5.95. The molecule has 0 saturated heterocycles. The van der Waals surface area contributed by atoms with Gasteiger partial charge in [-0.25, -0.2) is 0 Å². The quantitative estimate of drug-likeness (QED) is 0.547. The minimum absolute atomic E-state index is 0.459. The average molecular weight is 139 g/mol. The summed E-state index contributed by atoms with van der Waals surface area (Å²) in [4.78, 5) is 0. The molecule has 3 nitrogen and oxygen atoms in total. The van der Waals surface area contributed by atoms with Crippen LogP contribution in [-0.2, 0) is 6.54 Å². The fourth-order valence-corrected chi connectivity index (χ4v) is 1.22. The molecule has 1 aliphatic rings. The second kappa shape index (κ2) is 2.11. The fourth-order valence-electron chi connectivity index (χ4n) is 1.22. The summed E-state index contributed by atoms with van der Waals surface area (Å²) >= 11 is 0. The molecule has 3 heteroatoms. The molecule has 1 aromatic rings. The van der Waals surface area contributed by atoms with Gasteiger partial charge in [-0.3, -0.25) is 0 Å². The molecule has 0 spiro atoms. The second-order valence-corrected chi connectivity index (χ2v) is 2.46. The Labute approximate surface area is 58.7 Å². The van der Waals surface area contributed by atoms with Gasteiger partial charge < -0.3 is 14.8 Å². The Morgan fingerprint density at radius 2 is 2.60 bits per heavy atom. The normalized spacial score (nSPS) is 24.3. The number of fused-ring (bicyclic) bond motifs is 1. The van der Waals surface area contributed by atoms with Gasteiger partial charge in [0.1, 0.15) is 11.9 Å². The van der Waals surface area contributed by atoms with Crippen molar-refractivity contribution in [1.29, 1.82) is 0 Å². The lowest BCUT2D eigenvalue weighted by molar-refractivity contribution is 0.137. The largest absolute Gasteiger partial charge is 0.466 e. The lowest BCUT2D eigenvalue weighted by Crippen LogP contribution is -2.26. The smallest absolute Gasteiger partial charge is 0.138 e. The van der Waals surface area contributed by atoms with E-state index in [4.69, 9.17) is 4.42 Å². The lowest BCUT2D eigenvalue weighted by Gasteiger charge is -2.16. The summed E-state index contributed by atoms with van der Waals surface area (Å²) in [6.45, 7) is 1.41. The van der Waals surface area contributed by atoms with E-state index in [1.54, 1.807) is 6.26 Å². The molecule has 0 saturated carbocycles. The third-order valence-electron chi connectivity index (χ3n) is 1.74. The van der Waals surface area contributed by atoms with Crippen LogP contribution in [0.15, 0.2) is 16.7 Å². The molecule has 54 valence electrons. The molecule has 1 aromatic heterocycles. The molecule has 2 N–H and O–H groups in total. The van der Waals surface area contributed by atoms with Crippen molar-refractivity contribution in [3.05, 3.63) is 23.7 Å². The van der Waals surface area contributed by atoms with Gasteiger partial charge in [-0.15, -0.1) is 0 Å². The van der Waals surface area contributed by atoms with E-state index in [9.17, 15) is 5.11 Å². The van der Waals surface area contributed by atoms with Gasteiger partial charge in [0.15, 0.2) is 0 Å². The zero-order chi connectivity index (χ0) is 6.97. The van der Waals surface area contributed by atoms with Crippen molar-refractivity contribution in [1.82, 2.24) is 5.32 Å². The maximum atomic E-state index is 9.29. The highest BCUT2D eigenvalue weighted by Crippen LogP contribution is 2.21. The minimum Gasteiger partial charge on any atom is -0.466 e. The number of β-amino-alcohol motifs (C(OH)–C–C–N with tert-alkyl or cyclic N) is 1. The molecule has 0 bridgehead atoms. The zero-order valence-corrected chi connectivity index (χ0v) is 5.50. The second-order valence-electron chi connectivity index (χ2n) is 2.46. The SMILES string of the molecule is OC1CNCc2ccoc21. The minimum atomic E-state index is -0.459. The van der Waals surface area contributed by atoms with Crippen LogP contribution in [0.1, 0.15) is 17.4 Å². The van der Waals surface area contributed by atoms with E-state index in [1.165, 1.54) is 0 Å². The Morgan fingerprint density at radius 3 is 3.40 bits per heavy atom. The summed E-state index contributed by atoms with van der Waals surface area (Å²) in [5, 5.41) is 12.4. The number of furan rings is 1. The highest BCUT2D eigenvalue weighted by molar-refractivity contribution is 5.21. The van der Waals surface area contributed by atoms with Crippen molar-refractivity contribution in [2.75, 3.05) is 6.54 Å². The van der Waals surface area contributed by atoms with Gasteiger partial charge in [-0.05, 0) is 6.07 Å². The molecule has 0 fully saturated rings. The summed E-state index contributed by atoms with van der Waals surface area (Å²) in [5.41, 5.74) is 1.07. The van der Waals surface area contributed by atoms with E-state index in [1.807, 2.05) is 6.07 Å². The third-order valence-corrected chi connectivity index (χ3v) is 1.74. The Morgan fingerprint density at radius 1 is 1.70 bits per heavy atom. The molecule has 1 aliphatic heterocycles. The lowest BCUT2D eigenvalue weighted by atomic mass is 10.1. The first-order valence-corrected chi connectivity index (χ1v) is 3.33. The van der Waals surface area contributed by atoms with Gasteiger partial charge in [0.25, 0.3) is 0 Å². The van der Waals surface area contributed by atoms with Crippen molar-refractivity contribution in [3.8, 4) is 0 Å². The third kappa shape index (κ3) is 0.751. The first-order valence-electron chi connectivity index (χ1n) is 3.33. The van der Waals surface area contributed by atoms with Gasteiger partial charge in [0.2, 0.25) is 0 Å². The van der Waals surface area contributed by atoms with Crippen LogP contribution in [0, 0.1) is 0 Å². The molecule has 0 aromatic carbocycles. The maximum absolute atomic E-state index is 9.29. The summed E-state index contributed by atoms with van der Waals surface area (Å²) in [6.07, 6.45) is 1.15. The predicted octanol–water partition coefficient (Wildman–Crippen LogP) is 0.416. The van der Waals surface area contributed by atoms with E-state index in [0.29, 0.717) is 6.54 Å². The Balaban J connectivity index is 2.41. The molecular weight excluding hydrogens is 130 g/mol. The Bertz CT molecular complexity index is 231. The first-order chi connectivity index (χ1) is 4.88.